The summed E-state index contributed by atoms with van der Waals surface area (Å²) in [4.78, 5) is 26.8. The molecule has 0 aromatic heterocycles. The lowest BCUT2D eigenvalue weighted by Crippen LogP contribution is -2.27. The highest BCUT2D eigenvalue weighted by Crippen LogP contribution is 2.33. The molecule has 0 amide bonds. The second-order valence-electron chi connectivity index (χ2n) is 2.14. The Morgan fingerprint density at radius 1 is 1.58 bits per heavy atom. The summed E-state index contributed by atoms with van der Waals surface area (Å²) in [5.41, 5.74) is 5.01. The van der Waals surface area contributed by atoms with E-state index < -0.39 is 25.8 Å². The predicted octanol–water partition coefficient (Wildman–Crippen LogP) is -0.868. The molecule has 70 valence electrons. The zero-order chi connectivity index (χ0) is 9.78. The quantitative estimate of drug-likeness (QED) is 0.342. The Bertz CT molecular complexity index is 232. The van der Waals surface area contributed by atoms with Crippen molar-refractivity contribution >= 4 is 13.6 Å². The lowest BCUT2D eigenvalue weighted by molar-refractivity contribution is -0.137. The number of hydrogen-bond acceptors (Lipinski definition) is 3. The summed E-state index contributed by atoms with van der Waals surface area (Å²) in [6, 6.07) is -1.21. The lowest BCUT2D eigenvalue weighted by atomic mass is 10.3. The van der Waals surface area contributed by atoms with Gasteiger partial charge in [-0.05, 0) is 0 Å². The van der Waals surface area contributed by atoms with E-state index in [1.54, 1.807) is 0 Å². The van der Waals surface area contributed by atoms with Gasteiger partial charge < -0.3 is 20.6 Å². The first-order valence-corrected chi connectivity index (χ1v) is 4.82. The monoisotopic (exact) mass is 195 g/mol. The third-order valence-electron chi connectivity index (χ3n) is 0.972. The highest BCUT2D eigenvalue weighted by Gasteiger charge is 2.10. The molecule has 12 heavy (non-hydrogen) atoms. The lowest BCUT2D eigenvalue weighted by Gasteiger charge is -1.99. The number of carboxylic acid groups (broad SMARTS) is 1. The van der Waals surface area contributed by atoms with Crippen LogP contribution in [0.15, 0.2) is 12.2 Å². The third-order valence-corrected chi connectivity index (χ3v) is 1.66. The van der Waals surface area contributed by atoms with Crippen molar-refractivity contribution in [1.29, 1.82) is 0 Å². The summed E-state index contributed by atoms with van der Waals surface area (Å²) in [5, 5.41) is 8.24. The van der Waals surface area contributed by atoms with Gasteiger partial charge in [0, 0.05) is 0 Å². The minimum atomic E-state index is -4.09. The molecule has 0 fully saturated rings. The van der Waals surface area contributed by atoms with Gasteiger partial charge in [0.2, 0.25) is 0 Å². The number of allylic oxidation sites excluding steroid dienone is 1. The fourth-order valence-corrected chi connectivity index (χ4v) is 0.823. The average molecular weight is 195 g/mol. The van der Waals surface area contributed by atoms with Gasteiger partial charge in [0.25, 0.3) is 0 Å². The predicted molar refractivity (Wildman–Crippen MR) is 41.7 cm³/mol. The maximum Gasteiger partial charge on any atom is 0.329 e. The standard InChI is InChI=1S/C5H10NO5P/c6-4(5(7)8)2-1-3-12(9,10)11/h1-2,4H,3,6H2,(H,7,8)(H2,9,10,11)/t4-/m1/s1. The summed E-state index contributed by atoms with van der Waals surface area (Å²) in [7, 11) is -4.09. The first kappa shape index (κ1) is 11.3. The van der Waals surface area contributed by atoms with Crippen LogP contribution in [0.4, 0.5) is 0 Å². The van der Waals surface area contributed by atoms with Crippen LogP contribution in [0.25, 0.3) is 0 Å². The Balaban J connectivity index is 3.93. The molecule has 6 nitrogen and oxygen atoms in total. The molecule has 0 rings (SSSR count). The zero-order valence-electron chi connectivity index (χ0n) is 6.12. The molecule has 0 aromatic rings. The Morgan fingerprint density at radius 3 is 2.42 bits per heavy atom. The second-order valence-corrected chi connectivity index (χ2v) is 3.83. The molecule has 0 aliphatic rings. The number of nitrogens with two attached hydrogens (primary N) is 1. The third kappa shape index (κ3) is 6.06. The van der Waals surface area contributed by atoms with Gasteiger partial charge in [-0.15, -0.1) is 0 Å². The summed E-state index contributed by atoms with van der Waals surface area (Å²) in [5.74, 6) is -1.24. The van der Waals surface area contributed by atoms with E-state index in [4.69, 9.17) is 20.6 Å². The molecule has 0 aromatic carbocycles. The van der Waals surface area contributed by atoms with E-state index in [0.717, 1.165) is 12.2 Å². The van der Waals surface area contributed by atoms with E-state index in [0.29, 0.717) is 0 Å². The van der Waals surface area contributed by atoms with Crippen molar-refractivity contribution < 1.29 is 24.3 Å². The van der Waals surface area contributed by atoms with Crippen molar-refractivity contribution in [1.82, 2.24) is 0 Å². The van der Waals surface area contributed by atoms with E-state index in [9.17, 15) is 9.36 Å². The SMILES string of the molecule is N[C@H](C=CCP(=O)(O)O)C(=O)O. The van der Waals surface area contributed by atoms with Crippen molar-refractivity contribution in [3.8, 4) is 0 Å². The molecule has 7 heteroatoms. The van der Waals surface area contributed by atoms with Gasteiger partial charge in [-0.1, -0.05) is 12.2 Å². The van der Waals surface area contributed by atoms with E-state index in [-0.39, 0.29) is 0 Å². The molecule has 5 N–H and O–H groups in total. The van der Waals surface area contributed by atoms with Crippen LogP contribution in [-0.2, 0) is 9.36 Å². The molecule has 0 spiro atoms. The highest BCUT2D eigenvalue weighted by atomic mass is 31.2. The maximum absolute atomic E-state index is 10.2. The smallest absolute Gasteiger partial charge is 0.329 e. The minimum absolute atomic E-state index is 0.492. The fraction of sp³-hybridized carbons (Fsp3) is 0.400. The van der Waals surface area contributed by atoms with Crippen molar-refractivity contribution in [3.63, 3.8) is 0 Å². The van der Waals surface area contributed by atoms with Crippen molar-refractivity contribution in [2.45, 2.75) is 6.04 Å². The highest BCUT2D eigenvalue weighted by molar-refractivity contribution is 7.51. The largest absolute Gasteiger partial charge is 0.480 e. The number of carbonyl (C=O) groups is 1. The van der Waals surface area contributed by atoms with Crippen LogP contribution in [0.1, 0.15) is 0 Å². The Kier molecular flexibility index (Phi) is 4.12. The second kappa shape index (κ2) is 4.37. The van der Waals surface area contributed by atoms with Crippen LogP contribution < -0.4 is 5.73 Å². The van der Waals surface area contributed by atoms with Gasteiger partial charge in [0.05, 0.1) is 6.16 Å². The van der Waals surface area contributed by atoms with Crippen molar-refractivity contribution in [2.75, 3.05) is 6.16 Å². The average Bonchev–Trinajstić information content (AvgIpc) is 1.84. The van der Waals surface area contributed by atoms with Gasteiger partial charge in [0.1, 0.15) is 6.04 Å². The number of hydrogen-bond donors (Lipinski definition) is 4. The molecule has 0 aliphatic carbocycles. The Morgan fingerprint density at radius 2 is 2.08 bits per heavy atom. The normalized spacial score (nSPS) is 14.9. The molecule has 0 radical (unpaired) electrons. The Hall–Kier alpha value is -0.680. The summed E-state index contributed by atoms with van der Waals surface area (Å²) < 4.78 is 10.2. The molecule has 0 aliphatic heterocycles. The van der Waals surface area contributed by atoms with Crippen molar-refractivity contribution in [2.24, 2.45) is 5.73 Å². The topological polar surface area (TPSA) is 121 Å². The van der Waals surface area contributed by atoms with Crippen LogP contribution in [-0.4, -0.2) is 33.1 Å². The van der Waals surface area contributed by atoms with Crippen LogP contribution in [0.3, 0.4) is 0 Å². The summed E-state index contributed by atoms with van der Waals surface area (Å²) in [6.07, 6.45) is 1.59. The number of carboxylic acids is 1. The van der Waals surface area contributed by atoms with Gasteiger partial charge in [0.15, 0.2) is 0 Å². The van der Waals surface area contributed by atoms with E-state index in [1.807, 2.05) is 0 Å². The van der Waals surface area contributed by atoms with Crippen LogP contribution in [0.5, 0.6) is 0 Å². The van der Waals surface area contributed by atoms with Crippen molar-refractivity contribution in [3.05, 3.63) is 12.2 Å². The van der Waals surface area contributed by atoms with Gasteiger partial charge in [-0.25, -0.2) is 0 Å². The van der Waals surface area contributed by atoms with E-state index in [1.165, 1.54) is 0 Å². The van der Waals surface area contributed by atoms with E-state index >= 15 is 0 Å². The minimum Gasteiger partial charge on any atom is -0.480 e. The summed E-state index contributed by atoms with van der Waals surface area (Å²) >= 11 is 0. The number of aliphatic carboxylic acids is 1. The first-order chi connectivity index (χ1) is 5.33. The van der Waals surface area contributed by atoms with Crippen LogP contribution in [0, 0.1) is 0 Å². The molecule has 0 bridgehead atoms. The van der Waals surface area contributed by atoms with Gasteiger partial charge >= 0.3 is 13.6 Å². The molecule has 0 heterocycles. The molecular weight excluding hydrogens is 185 g/mol. The molecule has 0 saturated heterocycles. The Labute approximate surface area is 68.9 Å². The molecule has 0 unspecified atom stereocenters. The van der Waals surface area contributed by atoms with Gasteiger partial charge in [-0.2, -0.15) is 0 Å². The molecular formula is C5H10NO5P. The van der Waals surface area contributed by atoms with E-state index in [2.05, 4.69) is 0 Å². The maximum atomic E-state index is 10.2. The fourth-order valence-electron chi connectivity index (χ4n) is 0.427. The summed E-state index contributed by atoms with van der Waals surface area (Å²) in [6.45, 7) is 0. The van der Waals surface area contributed by atoms with Crippen LogP contribution >= 0.6 is 7.60 Å². The number of rotatable bonds is 4. The zero-order valence-corrected chi connectivity index (χ0v) is 7.02. The first-order valence-electron chi connectivity index (χ1n) is 3.02. The van der Waals surface area contributed by atoms with Gasteiger partial charge in [-0.3, -0.25) is 9.36 Å². The molecule has 0 saturated carbocycles. The molecule has 1 atom stereocenters. The van der Waals surface area contributed by atoms with Crippen LogP contribution in [0.2, 0.25) is 0 Å².